The summed E-state index contributed by atoms with van der Waals surface area (Å²) < 4.78 is 11.4. The van der Waals surface area contributed by atoms with Gasteiger partial charge in [0.1, 0.15) is 11.3 Å². The highest BCUT2D eigenvalue weighted by Gasteiger charge is 2.21. The van der Waals surface area contributed by atoms with Crippen LogP contribution in [0.3, 0.4) is 0 Å². The molecule has 1 saturated heterocycles. The molecular weight excluding hydrogens is 316 g/mol. The second-order valence-electron chi connectivity index (χ2n) is 6.84. The lowest BCUT2D eigenvalue weighted by atomic mass is 9.97. The van der Waals surface area contributed by atoms with Crippen LogP contribution in [0.15, 0.2) is 33.1 Å². The number of aryl methyl sites for hydroxylation is 2. The molecule has 0 amide bonds. The van der Waals surface area contributed by atoms with Crippen LogP contribution in [0, 0.1) is 19.8 Å². The van der Waals surface area contributed by atoms with Gasteiger partial charge in [0, 0.05) is 6.54 Å². The number of rotatable bonds is 5. The average Bonchev–Trinajstić information content (AvgIpc) is 3.17. The first-order valence-electron chi connectivity index (χ1n) is 8.92. The Morgan fingerprint density at radius 2 is 1.92 bits per heavy atom. The van der Waals surface area contributed by atoms with Crippen molar-refractivity contribution in [3.63, 3.8) is 0 Å². The number of nitrogens with zero attached hydrogens (tertiary/aromatic N) is 3. The molecule has 0 bridgehead atoms. The molecule has 1 aromatic carbocycles. The van der Waals surface area contributed by atoms with Crippen molar-refractivity contribution < 1.29 is 8.83 Å². The molecule has 25 heavy (non-hydrogen) atoms. The van der Waals surface area contributed by atoms with Gasteiger partial charge in [-0.15, -0.1) is 0 Å². The molecule has 1 aliphatic heterocycles. The number of aromatic nitrogens is 2. The minimum atomic E-state index is 0.620. The van der Waals surface area contributed by atoms with Crippen LogP contribution in [-0.4, -0.2) is 34.5 Å². The van der Waals surface area contributed by atoms with Crippen molar-refractivity contribution in [1.29, 1.82) is 0 Å². The van der Waals surface area contributed by atoms with Crippen molar-refractivity contribution in [3.05, 3.63) is 41.6 Å². The van der Waals surface area contributed by atoms with E-state index in [1.807, 2.05) is 38.1 Å². The van der Waals surface area contributed by atoms with Crippen molar-refractivity contribution in [3.8, 4) is 0 Å². The number of oxazole rings is 2. The highest BCUT2D eigenvalue weighted by atomic mass is 16.4. The summed E-state index contributed by atoms with van der Waals surface area (Å²) in [5, 5.41) is 3.35. The fourth-order valence-corrected chi connectivity index (χ4v) is 3.33. The molecule has 1 aliphatic rings. The molecule has 1 fully saturated rings. The smallest absolute Gasteiger partial charge is 0.295 e. The first kappa shape index (κ1) is 16.1. The minimum absolute atomic E-state index is 0.620. The van der Waals surface area contributed by atoms with E-state index >= 15 is 0 Å². The number of para-hydroxylation sites is 2. The summed E-state index contributed by atoms with van der Waals surface area (Å²) in [6.07, 6.45) is 2.32. The number of likely N-dealkylation sites (tertiary alicyclic amines) is 1. The van der Waals surface area contributed by atoms with Gasteiger partial charge in [0.25, 0.3) is 6.01 Å². The predicted octanol–water partition coefficient (Wildman–Crippen LogP) is 3.76. The Bertz CT molecular complexity index is 794. The van der Waals surface area contributed by atoms with E-state index in [4.69, 9.17) is 8.83 Å². The molecule has 2 aromatic heterocycles. The van der Waals surface area contributed by atoms with Crippen LogP contribution in [0.4, 0.5) is 6.01 Å². The van der Waals surface area contributed by atoms with Gasteiger partial charge in [0.2, 0.25) is 5.89 Å². The van der Waals surface area contributed by atoms with Crippen molar-refractivity contribution in [2.24, 2.45) is 5.92 Å². The van der Waals surface area contributed by atoms with Gasteiger partial charge in [-0.1, -0.05) is 12.1 Å². The third-order valence-electron chi connectivity index (χ3n) is 4.97. The third-order valence-corrected chi connectivity index (χ3v) is 4.97. The van der Waals surface area contributed by atoms with Crippen LogP contribution in [0.1, 0.15) is 30.2 Å². The van der Waals surface area contributed by atoms with Gasteiger partial charge in [-0.2, -0.15) is 4.98 Å². The fourth-order valence-electron chi connectivity index (χ4n) is 3.33. The van der Waals surface area contributed by atoms with E-state index in [-0.39, 0.29) is 0 Å². The molecule has 6 nitrogen and oxygen atoms in total. The molecular formula is C19H24N4O2. The van der Waals surface area contributed by atoms with Crippen LogP contribution in [0.5, 0.6) is 0 Å². The van der Waals surface area contributed by atoms with E-state index in [0.29, 0.717) is 11.9 Å². The normalized spacial score (nSPS) is 16.6. The van der Waals surface area contributed by atoms with Crippen molar-refractivity contribution >= 4 is 17.1 Å². The second-order valence-corrected chi connectivity index (χ2v) is 6.84. The maximum absolute atomic E-state index is 5.72. The Labute approximate surface area is 147 Å². The summed E-state index contributed by atoms with van der Waals surface area (Å²) in [4.78, 5) is 11.4. The summed E-state index contributed by atoms with van der Waals surface area (Å²) in [5.41, 5.74) is 2.72. The molecule has 3 aromatic rings. The fraction of sp³-hybridized carbons (Fsp3) is 0.474. The number of hydrogen-bond acceptors (Lipinski definition) is 6. The number of benzene rings is 1. The first-order chi connectivity index (χ1) is 12.2. The predicted molar refractivity (Wildman–Crippen MR) is 96.5 cm³/mol. The molecule has 0 radical (unpaired) electrons. The Morgan fingerprint density at radius 3 is 2.64 bits per heavy atom. The molecule has 0 spiro atoms. The first-order valence-corrected chi connectivity index (χ1v) is 8.92. The SMILES string of the molecule is Cc1nc(CN2CCC(CNc3nc4ccccc4o3)CC2)oc1C. The number of piperidine rings is 1. The van der Waals surface area contributed by atoms with Crippen LogP contribution in [0.2, 0.25) is 0 Å². The van der Waals surface area contributed by atoms with E-state index < -0.39 is 0 Å². The lowest BCUT2D eigenvalue weighted by Crippen LogP contribution is -2.35. The Kier molecular flexibility index (Phi) is 4.44. The van der Waals surface area contributed by atoms with Gasteiger partial charge in [-0.25, -0.2) is 4.98 Å². The zero-order valence-electron chi connectivity index (χ0n) is 14.8. The summed E-state index contributed by atoms with van der Waals surface area (Å²) >= 11 is 0. The van der Waals surface area contributed by atoms with Crippen LogP contribution in [0.25, 0.3) is 11.1 Å². The molecule has 132 valence electrons. The summed E-state index contributed by atoms with van der Waals surface area (Å²) in [5.74, 6) is 2.39. The Morgan fingerprint density at radius 1 is 1.12 bits per heavy atom. The standard InChI is InChI=1S/C19H24N4O2/c1-13-14(2)24-18(21-13)12-23-9-7-15(8-10-23)11-20-19-22-16-5-3-4-6-17(16)25-19/h3-6,15H,7-12H2,1-2H3,(H,20,22). The molecule has 0 unspecified atom stereocenters. The number of hydrogen-bond donors (Lipinski definition) is 1. The summed E-state index contributed by atoms with van der Waals surface area (Å²) in [6.45, 7) is 7.81. The quantitative estimate of drug-likeness (QED) is 0.763. The van der Waals surface area contributed by atoms with Gasteiger partial charge in [-0.05, 0) is 57.8 Å². The van der Waals surface area contributed by atoms with Gasteiger partial charge >= 0.3 is 0 Å². The van der Waals surface area contributed by atoms with Crippen LogP contribution < -0.4 is 5.32 Å². The maximum Gasteiger partial charge on any atom is 0.295 e. The maximum atomic E-state index is 5.72. The zero-order valence-corrected chi connectivity index (χ0v) is 14.8. The number of fused-ring (bicyclic) bond motifs is 1. The molecule has 4 rings (SSSR count). The van der Waals surface area contributed by atoms with Crippen molar-refractivity contribution in [2.45, 2.75) is 33.2 Å². The number of nitrogens with one attached hydrogen (secondary N) is 1. The topological polar surface area (TPSA) is 67.3 Å². The molecule has 0 aliphatic carbocycles. The molecule has 0 atom stereocenters. The van der Waals surface area contributed by atoms with Crippen LogP contribution >= 0.6 is 0 Å². The molecule has 1 N–H and O–H groups in total. The van der Waals surface area contributed by atoms with E-state index in [9.17, 15) is 0 Å². The van der Waals surface area contributed by atoms with Gasteiger partial charge in [-0.3, -0.25) is 4.90 Å². The lowest BCUT2D eigenvalue weighted by molar-refractivity contribution is 0.167. The zero-order chi connectivity index (χ0) is 17.2. The highest BCUT2D eigenvalue weighted by Crippen LogP contribution is 2.22. The highest BCUT2D eigenvalue weighted by molar-refractivity contribution is 5.74. The van der Waals surface area contributed by atoms with E-state index in [1.165, 1.54) is 0 Å². The minimum Gasteiger partial charge on any atom is -0.444 e. The molecule has 0 saturated carbocycles. The van der Waals surface area contributed by atoms with E-state index in [2.05, 4.69) is 20.2 Å². The lowest BCUT2D eigenvalue weighted by Gasteiger charge is -2.30. The van der Waals surface area contributed by atoms with Gasteiger partial charge < -0.3 is 14.2 Å². The Hall–Kier alpha value is -2.34. The number of anilines is 1. The molecule has 6 heteroatoms. The molecule has 3 heterocycles. The monoisotopic (exact) mass is 340 g/mol. The average molecular weight is 340 g/mol. The summed E-state index contributed by atoms with van der Waals surface area (Å²) in [6, 6.07) is 8.46. The Balaban J connectivity index is 1.26. The van der Waals surface area contributed by atoms with Crippen molar-refractivity contribution in [2.75, 3.05) is 25.0 Å². The second kappa shape index (κ2) is 6.88. The summed E-state index contributed by atoms with van der Waals surface area (Å²) in [7, 11) is 0. The van der Waals surface area contributed by atoms with E-state index in [1.54, 1.807) is 0 Å². The van der Waals surface area contributed by atoms with Gasteiger partial charge in [0.15, 0.2) is 5.58 Å². The van der Waals surface area contributed by atoms with Crippen LogP contribution in [-0.2, 0) is 6.54 Å². The largest absolute Gasteiger partial charge is 0.444 e. The third kappa shape index (κ3) is 3.69. The van der Waals surface area contributed by atoms with Crippen molar-refractivity contribution in [1.82, 2.24) is 14.9 Å². The van der Waals surface area contributed by atoms with Gasteiger partial charge in [0.05, 0.1) is 12.2 Å². The van der Waals surface area contributed by atoms with E-state index in [0.717, 1.165) is 67.5 Å².